The Morgan fingerprint density at radius 1 is 1.71 bits per heavy atom. The highest BCUT2D eigenvalue weighted by Gasteiger charge is 2.27. The molecule has 1 aliphatic heterocycles. The zero-order valence-corrected chi connectivity index (χ0v) is 8.37. The van der Waals surface area contributed by atoms with Gasteiger partial charge in [0, 0.05) is 13.1 Å². The molecule has 0 saturated carbocycles. The number of carboxylic acids is 1. The fraction of sp³-hybridized carbons (Fsp3) is 0.889. The van der Waals surface area contributed by atoms with Gasteiger partial charge in [-0.2, -0.15) is 0 Å². The molecule has 0 aromatic heterocycles. The molecular formula is C9H17FN2O2. The molecular weight excluding hydrogens is 187 g/mol. The molecule has 0 spiro atoms. The third-order valence-electron chi connectivity index (χ3n) is 2.48. The van der Waals surface area contributed by atoms with Crippen molar-refractivity contribution in [3.8, 4) is 0 Å². The van der Waals surface area contributed by atoms with E-state index < -0.39 is 12.1 Å². The second-order valence-corrected chi connectivity index (χ2v) is 3.77. The molecule has 82 valence electrons. The average molecular weight is 204 g/mol. The second kappa shape index (κ2) is 5.26. The predicted molar refractivity (Wildman–Crippen MR) is 51.1 cm³/mol. The lowest BCUT2D eigenvalue weighted by atomic mass is 10.2. The van der Waals surface area contributed by atoms with Crippen LogP contribution in [0.3, 0.4) is 0 Å². The molecule has 1 rings (SSSR count). The molecule has 0 radical (unpaired) electrons. The number of rotatable bonds is 5. The molecule has 5 heteroatoms. The maximum absolute atomic E-state index is 13.1. The standard InChI is InChI=1S/C9H17FN2O2/c1-12(5-3-9(13)14)6-8-7(10)2-4-11-8/h7-8,11H,2-6H2,1H3,(H,13,14). The largest absolute Gasteiger partial charge is 0.481 e. The summed E-state index contributed by atoms with van der Waals surface area (Å²) >= 11 is 0. The van der Waals surface area contributed by atoms with Gasteiger partial charge < -0.3 is 15.3 Å². The van der Waals surface area contributed by atoms with Crippen LogP contribution in [0.5, 0.6) is 0 Å². The third kappa shape index (κ3) is 3.59. The summed E-state index contributed by atoms with van der Waals surface area (Å²) < 4.78 is 13.1. The fourth-order valence-corrected chi connectivity index (χ4v) is 1.63. The smallest absolute Gasteiger partial charge is 0.304 e. The molecule has 0 bridgehead atoms. The summed E-state index contributed by atoms with van der Waals surface area (Å²) in [6.07, 6.45) is -0.111. The Morgan fingerprint density at radius 3 is 2.93 bits per heavy atom. The molecule has 2 unspecified atom stereocenters. The highest BCUT2D eigenvalue weighted by Crippen LogP contribution is 2.11. The number of nitrogens with one attached hydrogen (secondary N) is 1. The lowest BCUT2D eigenvalue weighted by Crippen LogP contribution is -2.40. The molecule has 1 saturated heterocycles. The van der Waals surface area contributed by atoms with Gasteiger partial charge in [-0.15, -0.1) is 0 Å². The summed E-state index contributed by atoms with van der Waals surface area (Å²) in [5.41, 5.74) is 0. The normalized spacial score (nSPS) is 27.1. The van der Waals surface area contributed by atoms with Gasteiger partial charge in [0.2, 0.25) is 0 Å². The Balaban J connectivity index is 2.19. The first-order valence-corrected chi connectivity index (χ1v) is 4.87. The number of aliphatic carboxylic acids is 1. The molecule has 0 amide bonds. The number of carboxylic acid groups (broad SMARTS) is 1. The summed E-state index contributed by atoms with van der Waals surface area (Å²) in [5.74, 6) is -0.812. The van der Waals surface area contributed by atoms with Crippen LogP contribution in [0.15, 0.2) is 0 Å². The number of halogens is 1. The Labute approximate surface area is 83.1 Å². The van der Waals surface area contributed by atoms with Gasteiger partial charge in [0.15, 0.2) is 0 Å². The van der Waals surface area contributed by atoms with Crippen LogP contribution in [0.1, 0.15) is 12.8 Å². The van der Waals surface area contributed by atoms with E-state index in [2.05, 4.69) is 5.32 Å². The molecule has 2 N–H and O–H groups in total. The highest BCUT2D eigenvalue weighted by molar-refractivity contribution is 5.66. The van der Waals surface area contributed by atoms with Crippen molar-refractivity contribution in [2.45, 2.75) is 25.1 Å². The highest BCUT2D eigenvalue weighted by atomic mass is 19.1. The third-order valence-corrected chi connectivity index (χ3v) is 2.48. The van der Waals surface area contributed by atoms with E-state index in [1.165, 1.54) is 0 Å². The first-order valence-electron chi connectivity index (χ1n) is 4.87. The summed E-state index contributed by atoms with van der Waals surface area (Å²) in [4.78, 5) is 12.1. The van der Waals surface area contributed by atoms with Crippen molar-refractivity contribution in [2.24, 2.45) is 0 Å². The summed E-state index contributed by atoms with van der Waals surface area (Å²) in [6, 6.07) is -0.131. The SMILES string of the molecule is CN(CCC(=O)O)CC1NCCC1F. The monoisotopic (exact) mass is 204 g/mol. The van der Waals surface area contributed by atoms with Crippen LogP contribution in [-0.4, -0.2) is 54.9 Å². The summed E-state index contributed by atoms with van der Waals surface area (Å²) in [5, 5.41) is 11.5. The molecule has 1 fully saturated rings. The van der Waals surface area contributed by atoms with Gasteiger partial charge in [-0.05, 0) is 20.0 Å². The van der Waals surface area contributed by atoms with Gasteiger partial charge in [-0.3, -0.25) is 4.79 Å². The Hall–Kier alpha value is -0.680. The van der Waals surface area contributed by atoms with Gasteiger partial charge in [0.1, 0.15) is 6.17 Å². The van der Waals surface area contributed by atoms with E-state index in [-0.39, 0.29) is 12.5 Å². The van der Waals surface area contributed by atoms with Crippen LogP contribution in [0.25, 0.3) is 0 Å². The molecule has 1 heterocycles. The molecule has 0 aromatic rings. The van der Waals surface area contributed by atoms with Crippen LogP contribution in [0.4, 0.5) is 4.39 Å². The molecule has 0 aliphatic carbocycles. The average Bonchev–Trinajstić information content (AvgIpc) is 2.49. The first-order chi connectivity index (χ1) is 6.59. The van der Waals surface area contributed by atoms with Crippen LogP contribution in [0.2, 0.25) is 0 Å². The van der Waals surface area contributed by atoms with E-state index in [4.69, 9.17) is 5.11 Å². The Bertz CT molecular complexity index is 201. The molecule has 2 atom stereocenters. The van der Waals surface area contributed by atoms with Gasteiger partial charge in [-0.25, -0.2) is 4.39 Å². The first kappa shape index (κ1) is 11.4. The Kier molecular flexibility index (Phi) is 4.28. The van der Waals surface area contributed by atoms with Gasteiger partial charge in [0.25, 0.3) is 0 Å². The van der Waals surface area contributed by atoms with Crippen LogP contribution < -0.4 is 5.32 Å². The molecule has 4 nitrogen and oxygen atoms in total. The van der Waals surface area contributed by atoms with Gasteiger partial charge in [0.05, 0.1) is 12.5 Å². The van der Waals surface area contributed by atoms with Crippen molar-refractivity contribution < 1.29 is 14.3 Å². The predicted octanol–water partition coefficient (Wildman–Crippen LogP) is 0.0929. The van der Waals surface area contributed by atoms with Crippen molar-refractivity contribution >= 4 is 5.97 Å². The van der Waals surface area contributed by atoms with Crippen molar-refractivity contribution in [3.05, 3.63) is 0 Å². The minimum absolute atomic E-state index is 0.111. The minimum atomic E-state index is -0.812. The van der Waals surface area contributed by atoms with E-state index >= 15 is 0 Å². The lowest BCUT2D eigenvalue weighted by Gasteiger charge is -2.21. The van der Waals surface area contributed by atoms with E-state index in [1.807, 2.05) is 11.9 Å². The van der Waals surface area contributed by atoms with Gasteiger partial charge >= 0.3 is 5.97 Å². The topological polar surface area (TPSA) is 52.6 Å². The van der Waals surface area contributed by atoms with E-state index in [0.29, 0.717) is 19.5 Å². The number of alkyl halides is 1. The van der Waals surface area contributed by atoms with Crippen molar-refractivity contribution in [1.29, 1.82) is 0 Å². The molecule has 1 aliphatic rings. The number of hydrogen-bond donors (Lipinski definition) is 2. The van der Waals surface area contributed by atoms with Gasteiger partial charge in [-0.1, -0.05) is 0 Å². The van der Waals surface area contributed by atoms with Crippen molar-refractivity contribution in [1.82, 2.24) is 10.2 Å². The quantitative estimate of drug-likeness (QED) is 0.666. The molecule has 14 heavy (non-hydrogen) atoms. The fourth-order valence-electron chi connectivity index (χ4n) is 1.63. The van der Waals surface area contributed by atoms with Crippen LogP contribution in [0, 0.1) is 0 Å². The van der Waals surface area contributed by atoms with E-state index in [9.17, 15) is 9.18 Å². The lowest BCUT2D eigenvalue weighted by molar-refractivity contribution is -0.137. The van der Waals surface area contributed by atoms with Crippen LogP contribution >= 0.6 is 0 Å². The number of likely N-dealkylation sites (N-methyl/N-ethyl adjacent to an activating group) is 1. The Morgan fingerprint density at radius 2 is 2.43 bits per heavy atom. The second-order valence-electron chi connectivity index (χ2n) is 3.77. The zero-order valence-electron chi connectivity index (χ0n) is 8.37. The number of nitrogens with zero attached hydrogens (tertiary/aromatic N) is 1. The zero-order chi connectivity index (χ0) is 10.6. The van der Waals surface area contributed by atoms with E-state index in [1.54, 1.807) is 0 Å². The number of carbonyl (C=O) groups is 1. The number of hydrogen-bond acceptors (Lipinski definition) is 3. The summed E-state index contributed by atoms with van der Waals surface area (Å²) in [7, 11) is 1.82. The minimum Gasteiger partial charge on any atom is -0.481 e. The maximum Gasteiger partial charge on any atom is 0.304 e. The summed E-state index contributed by atoms with van der Waals surface area (Å²) in [6.45, 7) is 1.77. The van der Waals surface area contributed by atoms with Crippen molar-refractivity contribution in [3.63, 3.8) is 0 Å². The van der Waals surface area contributed by atoms with E-state index in [0.717, 1.165) is 6.54 Å². The van der Waals surface area contributed by atoms with Crippen LogP contribution in [-0.2, 0) is 4.79 Å². The molecule has 0 aromatic carbocycles. The van der Waals surface area contributed by atoms with Crippen molar-refractivity contribution in [2.75, 3.05) is 26.7 Å². The maximum atomic E-state index is 13.1.